The van der Waals surface area contributed by atoms with E-state index in [0.29, 0.717) is 11.1 Å². The lowest BCUT2D eigenvalue weighted by Crippen LogP contribution is -2.00. The number of carbonyl (C=O) groups excluding carboxylic acids is 1. The lowest BCUT2D eigenvalue weighted by Gasteiger charge is -2.06. The first-order chi connectivity index (χ1) is 6.93. The molecule has 80 valence electrons. The monoisotopic (exact) mass is 207 g/mol. The van der Waals surface area contributed by atoms with Gasteiger partial charge in [-0.2, -0.15) is 0 Å². The van der Waals surface area contributed by atoms with Crippen LogP contribution < -0.4 is 0 Å². The maximum absolute atomic E-state index is 11.1. The Kier molecular flexibility index (Phi) is 3.19. The zero-order valence-electron chi connectivity index (χ0n) is 8.98. The van der Waals surface area contributed by atoms with E-state index >= 15 is 0 Å². The second-order valence-corrected chi connectivity index (χ2v) is 3.74. The van der Waals surface area contributed by atoms with Crippen molar-refractivity contribution in [3.63, 3.8) is 0 Å². The summed E-state index contributed by atoms with van der Waals surface area (Å²) in [6.07, 6.45) is 0. The molecular weight excluding hydrogens is 194 g/mol. The van der Waals surface area contributed by atoms with Gasteiger partial charge in [-0.05, 0) is 12.8 Å². The smallest absolute Gasteiger partial charge is 0.273 e. The van der Waals surface area contributed by atoms with Crippen LogP contribution in [0.3, 0.4) is 0 Å². The summed E-state index contributed by atoms with van der Waals surface area (Å²) in [5.41, 5.74) is 1.06. The lowest BCUT2D eigenvalue weighted by molar-refractivity contribution is -0.385. The standard InChI is InChI=1S/C11H13NO3/c1-7(2)10-5-4-9(8(3)13)6-11(10)12(14)15/h4-7H,1-3H3. The molecule has 0 saturated carbocycles. The normalized spacial score (nSPS) is 10.4. The zero-order chi connectivity index (χ0) is 11.6. The van der Waals surface area contributed by atoms with Crippen LogP contribution in [0, 0.1) is 10.1 Å². The second-order valence-electron chi connectivity index (χ2n) is 3.74. The Bertz CT molecular complexity index is 410. The average molecular weight is 207 g/mol. The van der Waals surface area contributed by atoms with Crippen molar-refractivity contribution in [1.82, 2.24) is 0 Å². The van der Waals surface area contributed by atoms with Crippen LogP contribution in [0.5, 0.6) is 0 Å². The van der Waals surface area contributed by atoms with Gasteiger partial charge in [0.2, 0.25) is 0 Å². The van der Waals surface area contributed by atoms with E-state index in [1.165, 1.54) is 13.0 Å². The summed E-state index contributed by atoms with van der Waals surface area (Å²) in [4.78, 5) is 21.4. The summed E-state index contributed by atoms with van der Waals surface area (Å²) in [6.45, 7) is 5.17. The molecule has 0 aliphatic rings. The SMILES string of the molecule is CC(=O)c1ccc(C(C)C)c([N+](=O)[O-])c1. The van der Waals surface area contributed by atoms with Crippen LogP contribution in [0.4, 0.5) is 5.69 Å². The van der Waals surface area contributed by atoms with Crippen molar-refractivity contribution < 1.29 is 9.72 Å². The Morgan fingerprint density at radius 1 is 1.40 bits per heavy atom. The summed E-state index contributed by atoms with van der Waals surface area (Å²) >= 11 is 0. The average Bonchev–Trinajstić information content (AvgIpc) is 2.16. The van der Waals surface area contributed by atoms with Crippen molar-refractivity contribution in [3.05, 3.63) is 39.4 Å². The molecule has 0 unspecified atom stereocenters. The molecule has 1 aromatic carbocycles. The fourth-order valence-corrected chi connectivity index (χ4v) is 1.41. The quantitative estimate of drug-likeness (QED) is 0.435. The third-order valence-electron chi connectivity index (χ3n) is 2.26. The van der Waals surface area contributed by atoms with Crippen LogP contribution in [0.2, 0.25) is 0 Å². The van der Waals surface area contributed by atoms with Crippen molar-refractivity contribution in [1.29, 1.82) is 0 Å². The van der Waals surface area contributed by atoms with Crippen LogP contribution in [0.25, 0.3) is 0 Å². The van der Waals surface area contributed by atoms with E-state index in [9.17, 15) is 14.9 Å². The highest BCUT2D eigenvalue weighted by Crippen LogP contribution is 2.27. The fraction of sp³-hybridized carbons (Fsp3) is 0.364. The van der Waals surface area contributed by atoms with Gasteiger partial charge in [0.1, 0.15) is 0 Å². The molecule has 0 fully saturated rings. The van der Waals surface area contributed by atoms with Gasteiger partial charge in [0, 0.05) is 17.2 Å². The third kappa shape index (κ3) is 2.40. The molecule has 0 aromatic heterocycles. The molecule has 4 nitrogen and oxygen atoms in total. The number of ketones is 1. The maximum Gasteiger partial charge on any atom is 0.273 e. The first-order valence-electron chi connectivity index (χ1n) is 4.72. The molecule has 15 heavy (non-hydrogen) atoms. The van der Waals surface area contributed by atoms with Crippen LogP contribution in [0.15, 0.2) is 18.2 Å². The zero-order valence-corrected chi connectivity index (χ0v) is 8.98. The summed E-state index contributed by atoms with van der Waals surface area (Å²) in [6, 6.07) is 4.63. The highest BCUT2D eigenvalue weighted by atomic mass is 16.6. The third-order valence-corrected chi connectivity index (χ3v) is 2.26. The number of Topliss-reactive ketones (excluding diaryl/α,β-unsaturated/α-hetero) is 1. The van der Waals surface area contributed by atoms with Gasteiger partial charge in [-0.15, -0.1) is 0 Å². The number of benzene rings is 1. The minimum absolute atomic E-state index is 0.0256. The van der Waals surface area contributed by atoms with Crippen molar-refractivity contribution >= 4 is 11.5 Å². The van der Waals surface area contributed by atoms with Crippen LogP contribution in [0.1, 0.15) is 42.6 Å². The summed E-state index contributed by atoms with van der Waals surface area (Å²) in [5.74, 6) is -0.0835. The van der Waals surface area contributed by atoms with Gasteiger partial charge in [-0.25, -0.2) is 0 Å². The van der Waals surface area contributed by atoms with Crippen LogP contribution in [-0.2, 0) is 0 Å². The molecule has 0 heterocycles. The molecule has 0 saturated heterocycles. The number of carbonyl (C=O) groups is 1. The first-order valence-corrected chi connectivity index (χ1v) is 4.72. The van der Waals surface area contributed by atoms with Crippen LogP contribution in [-0.4, -0.2) is 10.7 Å². The van der Waals surface area contributed by atoms with Crippen molar-refractivity contribution in [2.24, 2.45) is 0 Å². The topological polar surface area (TPSA) is 60.2 Å². The van der Waals surface area contributed by atoms with Crippen molar-refractivity contribution in [3.8, 4) is 0 Å². The van der Waals surface area contributed by atoms with E-state index in [0.717, 1.165) is 0 Å². The fourth-order valence-electron chi connectivity index (χ4n) is 1.41. The molecule has 0 aliphatic heterocycles. The molecular formula is C11H13NO3. The van der Waals surface area contributed by atoms with Crippen LogP contribution >= 0.6 is 0 Å². The predicted octanol–water partition coefficient (Wildman–Crippen LogP) is 2.92. The maximum atomic E-state index is 11.1. The summed E-state index contributed by atoms with van der Waals surface area (Å²) in [7, 11) is 0. The lowest BCUT2D eigenvalue weighted by atomic mass is 9.98. The Morgan fingerprint density at radius 3 is 2.40 bits per heavy atom. The summed E-state index contributed by atoms with van der Waals surface area (Å²) < 4.78 is 0. The largest absolute Gasteiger partial charge is 0.295 e. The van der Waals surface area contributed by atoms with Crippen molar-refractivity contribution in [2.45, 2.75) is 26.7 Å². The molecule has 4 heteroatoms. The van der Waals surface area contributed by atoms with Gasteiger partial charge in [0.15, 0.2) is 5.78 Å². The van der Waals surface area contributed by atoms with E-state index in [1.807, 2.05) is 13.8 Å². The summed E-state index contributed by atoms with van der Waals surface area (Å²) in [5, 5.41) is 10.8. The predicted molar refractivity (Wildman–Crippen MR) is 57.2 cm³/mol. The van der Waals surface area contributed by atoms with E-state index in [2.05, 4.69) is 0 Å². The molecule has 1 aromatic rings. The van der Waals surface area contributed by atoms with E-state index < -0.39 is 4.92 Å². The molecule has 0 N–H and O–H groups in total. The van der Waals surface area contributed by atoms with Gasteiger partial charge >= 0.3 is 0 Å². The van der Waals surface area contributed by atoms with Crippen molar-refractivity contribution in [2.75, 3.05) is 0 Å². The molecule has 0 bridgehead atoms. The van der Waals surface area contributed by atoms with E-state index in [-0.39, 0.29) is 17.4 Å². The molecule has 0 amide bonds. The number of nitro benzene ring substituents is 1. The number of nitro groups is 1. The minimum atomic E-state index is -0.443. The number of hydrogen-bond donors (Lipinski definition) is 0. The van der Waals surface area contributed by atoms with E-state index in [4.69, 9.17) is 0 Å². The van der Waals surface area contributed by atoms with E-state index in [1.54, 1.807) is 12.1 Å². The first kappa shape index (κ1) is 11.4. The Balaban J connectivity index is 3.33. The number of rotatable bonds is 3. The highest BCUT2D eigenvalue weighted by molar-refractivity contribution is 5.94. The van der Waals surface area contributed by atoms with Gasteiger partial charge in [0.05, 0.1) is 4.92 Å². The Labute approximate surface area is 88.1 Å². The van der Waals surface area contributed by atoms with Gasteiger partial charge in [-0.3, -0.25) is 14.9 Å². The van der Waals surface area contributed by atoms with Gasteiger partial charge < -0.3 is 0 Å². The molecule has 0 aliphatic carbocycles. The number of nitrogens with zero attached hydrogens (tertiary/aromatic N) is 1. The molecule has 0 radical (unpaired) electrons. The Morgan fingerprint density at radius 2 is 2.00 bits per heavy atom. The van der Waals surface area contributed by atoms with Gasteiger partial charge in [-0.1, -0.05) is 26.0 Å². The van der Waals surface area contributed by atoms with Gasteiger partial charge in [0.25, 0.3) is 5.69 Å². The Hall–Kier alpha value is -1.71. The number of hydrogen-bond acceptors (Lipinski definition) is 3. The molecule has 1 rings (SSSR count). The highest BCUT2D eigenvalue weighted by Gasteiger charge is 2.17. The second kappa shape index (κ2) is 4.21. The molecule has 0 spiro atoms. The minimum Gasteiger partial charge on any atom is -0.295 e. The molecule has 0 atom stereocenters.